The fourth-order valence-corrected chi connectivity index (χ4v) is 4.98. The molecule has 0 fully saturated rings. The van der Waals surface area contributed by atoms with Crippen LogP contribution < -0.4 is 14.8 Å². The Bertz CT molecular complexity index is 1290. The number of nitrogens with one attached hydrogen (secondary N) is 1. The largest absolute Gasteiger partial charge is 0.493 e. The number of rotatable bonds is 5. The molecule has 1 N–H and O–H groups in total. The van der Waals surface area contributed by atoms with Gasteiger partial charge in [0.2, 0.25) is 0 Å². The van der Waals surface area contributed by atoms with Crippen LogP contribution in [0, 0.1) is 0 Å². The van der Waals surface area contributed by atoms with Crippen molar-refractivity contribution in [2.75, 3.05) is 19.5 Å². The summed E-state index contributed by atoms with van der Waals surface area (Å²) >= 11 is 1.63. The van der Waals surface area contributed by atoms with E-state index in [0.29, 0.717) is 24.7 Å². The molecule has 5 rings (SSSR count). The van der Waals surface area contributed by atoms with Crippen LogP contribution in [0.4, 0.5) is 5.82 Å². The quantitative estimate of drug-likeness (QED) is 0.485. The van der Waals surface area contributed by atoms with Crippen LogP contribution in [0.25, 0.3) is 20.4 Å². The number of thiophene rings is 1. The first kappa shape index (κ1) is 20.0. The van der Waals surface area contributed by atoms with Gasteiger partial charge in [0.25, 0.3) is 0 Å². The van der Waals surface area contributed by atoms with E-state index in [0.717, 1.165) is 49.5 Å². The first-order valence-corrected chi connectivity index (χ1v) is 10.9. The van der Waals surface area contributed by atoms with Crippen LogP contribution in [0.1, 0.15) is 30.7 Å². The van der Waals surface area contributed by atoms with Crippen LogP contribution >= 0.6 is 11.3 Å². The van der Waals surface area contributed by atoms with Gasteiger partial charge >= 0.3 is 0 Å². The molecule has 0 bridgehead atoms. The van der Waals surface area contributed by atoms with Gasteiger partial charge in [-0.3, -0.25) is 0 Å². The van der Waals surface area contributed by atoms with Gasteiger partial charge in [-0.2, -0.15) is 0 Å². The van der Waals surface area contributed by atoms with Crippen molar-refractivity contribution in [3.63, 3.8) is 0 Å². The SMILES string of the molecule is COc1ccc(CNc2ncnc3c2sc2nc4c(cc23)COC(C)(C)C4)cc1OC. The molecule has 4 heterocycles. The summed E-state index contributed by atoms with van der Waals surface area (Å²) in [5.41, 5.74) is 4.06. The Morgan fingerprint density at radius 3 is 2.77 bits per heavy atom. The molecule has 0 spiro atoms. The molecule has 1 aliphatic rings. The highest BCUT2D eigenvalue weighted by Gasteiger charge is 2.28. The van der Waals surface area contributed by atoms with Gasteiger partial charge in [-0.15, -0.1) is 11.3 Å². The minimum absolute atomic E-state index is 0.184. The standard InChI is InChI=1S/C23H24N4O3S/c1-23(2)9-16-14(11-30-23)8-15-19-20(31-22(15)27-16)21(26-12-25-19)24-10-13-5-6-17(28-3)18(7-13)29-4/h5-8,12H,9-11H2,1-4H3,(H,24,25,26). The molecule has 0 aliphatic carbocycles. The molecule has 160 valence electrons. The first-order chi connectivity index (χ1) is 15.0. The third kappa shape index (κ3) is 3.66. The van der Waals surface area contributed by atoms with Crippen LogP contribution in [0.5, 0.6) is 11.5 Å². The van der Waals surface area contributed by atoms with Gasteiger partial charge in [-0.25, -0.2) is 15.0 Å². The van der Waals surface area contributed by atoms with Crippen molar-refractivity contribution < 1.29 is 14.2 Å². The monoisotopic (exact) mass is 436 g/mol. The van der Waals surface area contributed by atoms with Crippen molar-refractivity contribution in [2.45, 2.75) is 39.0 Å². The number of aromatic nitrogens is 3. The summed E-state index contributed by atoms with van der Waals surface area (Å²) in [7, 11) is 3.27. The van der Waals surface area contributed by atoms with Crippen molar-refractivity contribution in [3.05, 3.63) is 47.4 Å². The van der Waals surface area contributed by atoms with Crippen LogP contribution in [-0.4, -0.2) is 34.8 Å². The molecule has 1 aromatic carbocycles. The molecule has 31 heavy (non-hydrogen) atoms. The van der Waals surface area contributed by atoms with E-state index in [2.05, 4.69) is 35.2 Å². The average molecular weight is 437 g/mol. The molecule has 0 saturated heterocycles. The van der Waals surface area contributed by atoms with E-state index in [9.17, 15) is 0 Å². The van der Waals surface area contributed by atoms with Crippen molar-refractivity contribution in [1.29, 1.82) is 0 Å². The number of fused-ring (bicyclic) bond motifs is 4. The van der Waals surface area contributed by atoms with Gasteiger partial charge in [0.1, 0.15) is 17.0 Å². The van der Waals surface area contributed by atoms with Crippen molar-refractivity contribution >= 4 is 37.6 Å². The molecule has 1 aliphatic heterocycles. The fraction of sp³-hybridized carbons (Fsp3) is 0.348. The van der Waals surface area contributed by atoms with E-state index in [1.165, 1.54) is 0 Å². The average Bonchev–Trinajstić information content (AvgIpc) is 3.13. The van der Waals surface area contributed by atoms with Crippen molar-refractivity contribution in [3.8, 4) is 11.5 Å². The summed E-state index contributed by atoms with van der Waals surface area (Å²) in [6.45, 7) is 5.40. The summed E-state index contributed by atoms with van der Waals surface area (Å²) in [6.07, 6.45) is 2.41. The van der Waals surface area contributed by atoms with Crippen LogP contribution in [0.3, 0.4) is 0 Å². The Labute approximate surface area is 184 Å². The van der Waals surface area contributed by atoms with Gasteiger partial charge in [0, 0.05) is 23.9 Å². The maximum absolute atomic E-state index is 5.98. The lowest BCUT2D eigenvalue weighted by Crippen LogP contribution is -2.32. The zero-order valence-corrected chi connectivity index (χ0v) is 18.8. The second-order valence-electron chi connectivity index (χ2n) is 8.22. The Hall–Kier alpha value is -2.97. The van der Waals surface area contributed by atoms with E-state index in [1.807, 2.05) is 18.2 Å². The first-order valence-electron chi connectivity index (χ1n) is 10.1. The number of ether oxygens (including phenoxy) is 3. The van der Waals surface area contributed by atoms with E-state index < -0.39 is 0 Å². The van der Waals surface area contributed by atoms with Crippen LogP contribution in [-0.2, 0) is 24.3 Å². The van der Waals surface area contributed by atoms with Crippen LogP contribution in [0.2, 0.25) is 0 Å². The number of anilines is 1. The Morgan fingerprint density at radius 1 is 1.13 bits per heavy atom. The van der Waals surface area contributed by atoms with Crippen molar-refractivity contribution in [1.82, 2.24) is 15.0 Å². The molecule has 3 aromatic heterocycles. The van der Waals surface area contributed by atoms with E-state index in [1.54, 1.807) is 31.9 Å². The molecular formula is C23H24N4O3S. The lowest BCUT2D eigenvalue weighted by atomic mass is 9.95. The molecular weight excluding hydrogens is 412 g/mol. The highest BCUT2D eigenvalue weighted by molar-refractivity contribution is 7.25. The molecule has 4 aromatic rings. The normalized spacial score (nSPS) is 15.1. The molecule has 0 saturated carbocycles. The molecule has 8 heteroatoms. The summed E-state index contributed by atoms with van der Waals surface area (Å²) in [5.74, 6) is 2.22. The fourth-order valence-electron chi connectivity index (χ4n) is 3.89. The van der Waals surface area contributed by atoms with E-state index in [4.69, 9.17) is 19.2 Å². The Morgan fingerprint density at radius 2 is 1.97 bits per heavy atom. The zero-order valence-electron chi connectivity index (χ0n) is 18.0. The molecule has 0 atom stereocenters. The summed E-state index contributed by atoms with van der Waals surface area (Å²) < 4.78 is 17.7. The lowest BCUT2D eigenvalue weighted by molar-refractivity contribution is -0.0411. The maximum Gasteiger partial charge on any atom is 0.161 e. The predicted molar refractivity (Wildman–Crippen MR) is 122 cm³/mol. The molecule has 7 nitrogen and oxygen atoms in total. The number of methoxy groups -OCH3 is 2. The zero-order chi connectivity index (χ0) is 21.6. The number of hydrogen-bond acceptors (Lipinski definition) is 8. The van der Waals surface area contributed by atoms with Gasteiger partial charge < -0.3 is 19.5 Å². The maximum atomic E-state index is 5.98. The van der Waals surface area contributed by atoms with E-state index >= 15 is 0 Å². The van der Waals surface area contributed by atoms with Gasteiger partial charge in [0.15, 0.2) is 11.5 Å². The summed E-state index contributed by atoms with van der Waals surface area (Å²) in [4.78, 5) is 15.0. The number of pyridine rings is 1. The van der Waals surface area contributed by atoms with Crippen molar-refractivity contribution in [2.24, 2.45) is 0 Å². The predicted octanol–water partition coefficient (Wildman–Crippen LogP) is 4.72. The number of nitrogens with zero attached hydrogens (tertiary/aromatic N) is 3. The number of hydrogen-bond donors (Lipinski definition) is 1. The Balaban J connectivity index is 1.49. The van der Waals surface area contributed by atoms with Gasteiger partial charge in [0.05, 0.1) is 42.3 Å². The second kappa shape index (κ2) is 7.62. The van der Waals surface area contributed by atoms with Crippen LogP contribution in [0.15, 0.2) is 30.6 Å². The Kier molecular flexibility index (Phi) is 4.91. The van der Waals surface area contributed by atoms with Gasteiger partial charge in [-0.1, -0.05) is 6.07 Å². The third-order valence-corrected chi connectivity index (χ3v) is 6.63. The molecule has 0 radical (unpaired) electrons. The molecule has 0 unspecified atom stereocenters. The summed E-state index contributed by atoms with van der Waals surface area (Å²) in [6, 6.07) is 8.06. The minimum atomic E-state index is -0.184. The number of benzene rings is 1. The topological polar surface area (TPSA) is 78.4 Å². The smallest absolute Gasteiger partial charge is 0.161 e. The highest BCUT2D eigenvalue weighted by Crippen LogP contribution is 2.38. The van der Waals surface area contributed by atoms with E-state index in [-0.39, 0.29) is 5.60 Å². The second-order valence-corrected chi connectivity index (χ2v) is 9.22. The molecule has 0 amide bonds. The van der Waals surface area contributed by atoms with Gasteiger partial charge in [-0.05, 0) is 37.6 Å². The third-order valence-electron chi connectivity index (χ3n) is 5.53. The highest BCUT2D eigenvalue weighted by atomic mass is 32.1. The summed E-state index contributed by atoms with van der Waals surface area (Å²) in [5, 5.41) is 4.50. The minimum Gasteiger partial charge on any atom is -0.493 e. The lowest BCUT2D eigenvalue weighted by Gasteiger charge is -2.30.